The lowest BCUT2D eigenvalue weighted by atomic mass is 9.49. The van der Waals surface area contributed by atoms with Crippen LogP contribution in [0.25, 0.3) is 0 Å². The van der Waals surface area contributed by atoms with Gasteiger partial charge in [-0.25, -0.2) is 0 Å². The molecule has 39 heavy (non-hydrogen) atoms. The van der Waals surface area contributed by atoms with Crippen LogP contribution in [-0.2, 0) is 9.53 Å². The standard InChI is InChI=1S/C37H68O2/c1-3-5-7-9-11-12-14-22-32-39-35(38)37(28-20-16-21-29-37)36(27-19-13-10-8-6-4-2)30-25-34(26-31-36)33-23-17-15-18-24-33/h33-34H,3-32H2,1-2H3/t34-,36+. The van der Waals surface area contributed by atoms with E-state index in [1.54, 1.807) is 0 Å². The van der Waals surface area contributed by atoms with E-state index in [0.717, 1.165) is 31.1 Å². The van der Waals surface area contributed by atoms with Crippen LogP contribution in [0.15, 0.2) is 0 Å². The quantitative estimate of drug-likeness (QED) is 0.119. The van der Waals surface area contributed by atoms with Crippen molar-refractivity contribution >= 4 is 5.97 Å². The lowest BCUT2D eigenvalue weighted by Crippen LogP contribution is -2.52. The lowest BCUT2D eigenvalue weighted by molar-refractivity contribution is -0.175. The van der Waals surface area contributed by atoms with E-state index in [-0.39, 0.29) is 16.8 Å². The summed E-state index contributed by atoms with van der Waals surface area (Å²) in [6.07, 6.45) is 38.5. The summed E-state index contributed by atoms with van der Waals surface area (Å²) in [7, 11) is 0. The number of rotatable bonds is 19. The minimum absolute atomic E-state index is 0.188. The van der Waals surface area contributed by atoms with Crippen LogP contribution in [0.5, 0.6) is 0 Å². The molecule has 0 aromatic heterocycles. The molecule has 3 aliphatic carbocycles. The Hall–Kier alpha value is -0.530. The van der Waals surface area contributed by atoms with Gasteiger partial charge in [-0.3, -0.25) is 4.79 Å². The van der Waals surface area contributed by atoms with E-state index in [1.807, 2.05) is 0 Å². The first-order chi connectivity index (χ1) is 19.2. The van der Waals surface area contributed by atoms with Crippen LogP contribution in [0.1, 0.15) is 200 Å². The summed E-state index contributed by atoms with van der Waals surface area (Å²) in [5.41, 5.74) is 0.0199. The van der Waals surface area contributed by atoms with Crippen LogP contribution in [0.4, 0.5) is 0 Å². The van der Waals surface area contributed by atoms with Gasteiger partial charge in [-0.15, -0.1) is 0 Å². The molecule has 0 heterocycles. The third-order valence-electron chi connectivity index (χ3n) is 11.7. The molecule has 0 aliphatic heterocycles. The molecule has 0 N–H and O–H groups in total. The molecule has 2 heteroatoms. The monoisotopic (exact) mass is 545 g/mol. The number of carbonyl (C=O) groups excluding carboxylic acids is 1. The Kier molecular flexibility index (Phi) is 15.9. The fourth-order valence-electron chi connectivity index (χ4n) is 9.13. The van der Waals surface area contributed by atoms with Crippen molar-refractivity contribution in [2.24, 2.45) is 22.7 Å². The predicted molar refractivity (Wildman–Crippen MR) is 168 cm³/mol. The van der Waals surface area contributed by atoms with Crippen LogP contribution in [0.2, 0.25) is 0 Å². The molecule has 0 unspecified atom stereocenters. The molecular weight excluding hydrogens is 476 g/mol. The molecular formula is C37H68O2. The van der Waals surface area contributed by atoms with Crippen molar-refractivity contribution < 1.29 is 9.53 Å². The number of ether oxygens (including phenoxy) is 1. The largest absolute Gasteiger partial charge is 0.465 e. The second kappa shape index (κ2) is 18.8. The highest BCUT2D eigenvalue weighted by Crippen LogP contribution is 2.61. The minimum Gasteiger partial charge on any atom is -0.465 e. The van der Waals surface area contributed by atoms with E-state index in [0.29, 0.717) is 6.61 Å². The summed E-state index contributed by atoms with van der Waals surface area (Å²) >= 11 is 0. The van der Waals surface area contributed by atoms with Gasteiger partial charge in [0.1, 0.15) is 0 Å². The Balaban J connectivity index is 1.60. The Labute approximate surface area is 244 Å². The van der Waals surface area contributed by atoms with Gasteiger partial charge in [0, 0.05) is 0 Å². The van der Waals surface area contributed by atoms with Crippen molar-refractivity contribution in [3.8, 4) is 0 Å². The maximum absolute atomic E-state index is 14.2. The molecule has 3 aliphatic rings. The number of unbranched alkanes of at least 4 members (excludes halogenated alkanes) is 12. The number of carbonyl (C=O) groups is 1. The summed E-state index contributed by atoms with van der Waals surface area (Å²) in [4.78, 5) is 14.2. The summed E-state index contributed by atoms with van der Waals surface area (Å²) in [5.74, 6) is 2.13. The topological polar surface area (TPSA) is 26.3 Å². The van der Waals surface area contributed by atoms with E-state index in [1.165, 1.54) is 167 Å². The van der Waals surface area contributed by atoms with Crippen molar-refractivity contribution in [1.29, 1.82) is 0 Å². The molecule has 0 spiro atoms. The Morgan fingerprint density at radius 1 is 0.564 bits per heavy atom. The third-order valence-corrected chi connectivity index (χ3v) is 11.7. The highest BCUT2D eigenvalue weighted by molar-refractivity contribution is 5.78. The van der Waals surface area contributed by atoms with Gasteiger partial charge in [0.15, 0.2) is 0 Å². The van der Waals surface area contributed by atoms with Gasteiger partial charge in [-0.05, 0) is 68.6 Å². The molecule has 3 fully saturated rings. The summed E-state index contributed by atoms with van der Waals surface area (Å²) in [6.45, 7) is 5.26. The van der Waals surface area contributed by atoms with E-state index in [2.05, 4.69) is 13.8 Å². The summed E-state index contributed by atoms with van der Waals surface area (Å²) in [6, 6.07) is 0. The van der Waals surface area contributed by atoms with Crippen molar-refractivity contribution in [3.05, 3.63) is 0 Å². The van der Waals surface area contributed by atoms with Gasteiger partial charge in [0.2, 0.25) is 0 Å². The molecule has 3 saturated carbocycles. The van der Waals surface area contributed by atoms with Crippen LogP contribution in [0, 0.1) is 22.7 Å². The van der Waals surface area contributed by atoms with Gasteiger partial charge >= 0.3 is 5.97 Å². The van der Waals surface area contributed by atoms with Gasteiger partial charge in [-0.1, -0.05) is 149 Å². The minimum atomic E-state index is -0.188. The van der Waals surface area contributed by atoms with Crippen molar-refractivity contribution in [2.75, 3.05) is 6.61 Å². The van der Waals surface area contributed by atoms with Crippen LogP contribution >= 0.6 is 0 Å². The van der Waals surface area contributed by atoms with E-state index >= 15 is 0 Å². The first-order valence-electron chi connectivity index (χ1n) is 18.3. The second-order valence-corrected chi connectivity index (χ2v) is 14.3. The molecule has 228 valence electrons. The lowest BCUT2D eigenvalue weighted by Gasteiger charge is -2.55. The number of esters is 1. The zero-order valence-electron chi connectivity index (χ0n) is 26.7. The average molecular weight is 545 g/mol. The Bertz CT molecular complexity index is 619. The molecule has 0 saturated heterocycles. The second-order valence-electron chi connectivity index (χ2n) is 14.3. The fraction of sp³-hybridized carbons (Fsp3) is 0.973. The smallest absolute Gasteiger partial charge is 0.312 e. The van der Waals surface area contributed by atoms with Gasteiger partial charge in [-0.2, -0.15) is 0 Å². The Morgan fingerprint density at radius 3 is 1.64 bits per heavy atom. The maximum atomic E-state index is 14.2. The molecule has 0 radical (unpaired) electrons. The molecule has 0 aromatic carbocycles. The number of hydrogen-bond donors (Lipinski definition) is 0. The van der Waals surface area contributed by atoms with Gasteiger partial charge in [0.05, 0.1) is 12.0 Å². The third kappa shape index (κ3) is 10.1. The highest BCUT2D eigenvalue weighted by atomic mass is 16.5. The van der Waals surface area contributed by atoms with Crippen LogP contribution in [-0.4, -0.2) is 12.6 Å². The van der Waals surface area contributed by atoms with Crippen molar-refractivity contribution in [1.82, 2.24) is 0 Å². The normalized spacial score (nSPS) is 25.9. The maximum Gasteiger partial charge on any atom is 0.312 e. The first kappa shape index (κ1) is 33.0. The van der Waals surface area contributed by atoms with Gasteiger partial charge < -0.3 is 4.74 Å². The molecule has 0 bridgehead atoms. The summed E-state index contributed by atoms with van der Waals surface area (Å²) in [5, 5.41) is 0. The van der Waals surface area contributed by atoms with Crippen LogP contribution < -0.4 is 0 Å². The molecule has 3 rings (SSSR count). The van der Waals surface area contributed by atoms with Crippen molar-refractivity contribution in [2.45, 2.75) is 200 Å². The molecule has 0 atom stereocenters. The Morgan fingerprint density at radius 2 is 1.05 bits per heavy atom. The SMILES string of the molecule is CCCCCCCCCCOC(=O)C1([C@]2(CCCCCCCC)CC[C@H](C3CCCCC3)CC2)CCCCC1. The highest BCUT2D eigenvalue weighted by Gasteiger charge is 2.57. The molecule has 2 nitrogen and oxygen atoms in total. The predicted octanol–water partition coefficient (Wildman–Crippen LogP) is 12.1. The number of hydrogen-bond acceptors (Lipinski definition) is 2. The first-order valence-corrected chi connectivity index (χ1v) is 18.3. The fourth-order valence-corrected chi connectivity index (χ4v) is 9.13. The zero-order chi connectivity index (χ0) is 27.7. The van der Waals surface area contributed by atoms with E-state index in [9.17, 15) is 4.79 Å². The van der Waals surface area contributed by atoms with Crippen LogP contribution in [0.3, 0.4) is 0 Å². The van der Waals surface area contributed by atoms with E-state index < -0.39 is 0 Å². The molecule has 0 amide bonds. The van der Waals surface area contributed by atoms with Gasteiger partial charge in [0.25, 0.3) is 0 Å². The summed E-state index contributed by atoms with van der Waals surface area (Å²) < 4.78 is 6.27. The average Bonchev–Trinajstić information content (AvgIpc) is 2.99. The zero-order valence-corrected chi connectivity index (χ0v) is 26.7. The van der Waals surface area contributed by atoms with Crippen molar-refractivity contribution in [3.63, 3.8) is 0 Å². The molecule has 0 aromatic rings. The van der Waals surface area contributed by atoms with E-state index in [4.69, 9.17) is 4.74 Å².